The minimum atomic E-state index is 0.772. The molecule has 7 nitrogen and oxygen atoms in total. The van der Waals surface area contributed by atoms with Gasteiger partial charge in [-0.3, -0.25) is 18.3 Å². The summed E-state index contributed by atoms with van der Waals surface area (Å²) in [6, 6.07) is 61.1. The van der Waals surface area contributed by atoms with Gasteiger partial charge in [-0.15, -0.1) is 0 Å². The van der Waals surface area contributed by atoms with Crippen molar-refractivity contribution in [1.29, 1.82) is 0 Å². The third-order valence-electron chi connectivity index (χ3n) is 10.3. The lowest BCUT2D eigenvalue weighted by atomic mass is 10.1. The van der Waals surface area contributed by atoms with Crippen LogP contribution < -0.4 is 0 Å². The van der Waals surface area contributed by atoms with Crippen LogP contribution in [0.2, 0.25) is 0 Å². The van der Waals surface area contributed by atoms with Gasteiger partial charge in [0.05, 0.1) is 45.8 Å². The second-order valence-electron chi connectivity index (χ2n) is 13.4. The number of fused-ring (bicyclic) bond motifs is 6. The predicted molar refractivity (Wildman–Crippen MR) is 218 cm³/mol. The van der Waals surface area contributed by atoms with Crippen LogP contribution in [0.4, 0.5) is 0 Å². The molecule has 0 saturated carbocycles. The van der Waals surface area contributed by atoms with E-state index in [1.165, 1.54) is 0 Å². The summed E-state index contributed by atoms with van der Waals surface area (Å²) < 4.78 is 8.96. The molecule has 254 valence electrons. The summed E-state index contributed by atoms with van der Waals surface area (Å²) in [4.78, 5) is 15.9. The first kappa shape index (κ1) is 30.1. The fourth-order valence-corrected chi connectivity index (χ4v) is 7.95. The van der Waals surface area contributed by atoms with Crippen molar-refractivity contribution in [2.24, 2.45) is 0 Å². The van der Waals surface area contributed by atoms with Gasteiger partial charge in [0.15, 0.2) is 0 Å². The lowest BCUT2D eigenvalue weighted by Gasteiger charge is -2.15. The number of hydrogen-bond donors (Lipinski definition) is 0. The molecule has 0 unspecified atom stereocenters. The average molecular weight is 694 g/mol. The van der Waals surface area contributed by atoms with Crippen molar-refractivity contribution in [3.8, 4) is 45.8 Å². The summed E-state index contributed by atoms with van der Waals surface area (Å²) in [5.74, 6) is 1.57. The fraction of sp³-hybridized carbons (Fsp3) is 0. The third-order valence-corrected chi connectivity index (χ3v) is 10.3. The molecule has 0 bridgehead atoms. The summed E-state index contributed by atoms with van der Waals surface area (Å²) in [5.41, 5.74) is 11.0. The molecule has 0 amide bonds. The van der Waals surface area contributed by atoms with Gasteiger partial charge >= 0.3 is 0 Å². The molecule has 0 aliphatic carbocycles. The molecule has 0 saturated heterocycles. The molecular weight excluding hydrogens is 663 g/mol. The molecule has 5 aromatic heterocycles. The fourth-order valence-electron chi connectivity index (χ4n) is 7.95. The summed E-state index contributed by atoms with van der Waals surface area (Å²) in [6.07, 6.45) is 3.94. The van der Waals surface area contributed by atoms with Crippen LogP contribution in [0.5, 0.6) is 0 Å². The number of benzene rings is 6. The topological polar surface area (TPSA) is 58.4 Å². The van der Waals surface area contributed by atoms with Gasteiger partial charge in [0.25, 0.3) is 0 Å². The molecule has 6 aromatic carbocycles. The van der Waals surface area contributed by atoms with Crippen LogP contribution >= 0.6 is 0 Å². The number of rotatable bonds is 6. The van der Waals surface area contributed by atoms with Crippen LogP contribution in [0.15, 0.2) is 188 Å². The van der Waals surface area contributed by atoms with E-state index in [0.29, 0.717) is 0 Å². The van der Waals surface area contributed by atoms with Gasteiger partial charge < -0.3 is 0 Å². The van der Waals surface area contributed by atoms with E-state index in [2.05, 4.69) is 170 Å². The summed E-state index contributed by atoms with van der Waals surface area (Å²) in [5, 5.41) is 3.18. The Bertz CT molecular complexity index is 2920. The number of para-hydroxylation sites is 4. The van der Waals surface area contributed by atoms with Crippen molar-refractivity contribution in [2.75, 3.05) is 0 Å². The van der Waals surface area contributed by atoms with Crippen molar-refractivity contribution >= 4 is 43.9 Å². The van der Waals surface area contributed by atoms with Crippen molar-refractivity contribution < 1.29 is 0 Å². The Morgan fingerprint density at radius 3 is 1.35 bits per heavy atom. The van der Waals surface area contributed by atoms with Crippen LogP contribution in [0.1, 0.15) is 0 Å². The van der Waals surface area contributed by atoms with E-state index >= 15 is 0 Å². The first-order chi connectivity index (χ1) is 26.8. The highest BCUT2D eigenvalue weighted by Crippen LogP contribution is 2.39. The maximum Gasteiger partial charge on any atom is 0.221 e. The molecule has 54 heavy (non-hydrogen) atoms. The zero-order valence-corrected chi connectivity index (χ0v) is 29.0. The lowest BCUT2D eigenvalue weighted by Crippen LogP contribution is -2.07. The molecule has 0 aliphatic heterocycles. The number of imidazole rings is 2. The molecule has 5 heterocycles. The molecule has 0 N–H and O–H groups in total. The highest BCUT2D eigenvalue weighted by Gasteiger charge is 2.25. The molecule has 0 radical (unpaired) electrons. The average Bonchev–Trinajstić information content (AvgIpc) is 4.02. The van der Waals surface area contributed by atoms with E-state index in [-0.39, 0.29) is 0 Å². The maximum absolute atomic E-state index is 5.60. The van der Waals surface area contributed by atoms with E-state index in [0.717, 1.165) is 89.7 Å². The molecule has 0 spiro atoms. The van der Waals surface area contributed by atoms with Gasteiger partial charge in [0.2, 0.25) is 11.9 Å². The van der Waals surface area contributed by atoms with Gasteiger partial charge in [-0.05, 0) is 42.5 Å². The number of nitrogens with zero attached hydrogens (tertiary/aromatic N) is 7. The van der Waals surface area contributed by atoms with Gasteiger partial charge in [0.1, 0.15) is 5.65 Å². The maximum atomic E-state index is 5.60. The first-order valence-electron chi connectivity index (χ1n) is 18.0. The molecule has 0 fully saturated rings. The highest BCUT2D eigenvalue weighted by atomic mass is 15.3. The normalized spacial score (nSPS) is 11.7. The van der Waals surface area contributed by atoms with E-state index in [1.807, 2.05) is 36.7 Å². The smallest absolute Gasteiger partial charge is 0.221 e. The van der Waals surface area contributed by atoms with Crippen LogP contribution in [0.3, 0.4) is 0 Å². The van der Waals surface area contributed by atoms with Gasteiger partial charge in [-0.1, -0.05) is 133 Å². The summed E-state index contributed by atoms with van der Waals surface area (Å²) >= 11 is 0. The summed E-state index contributed by atoms with van der Waals surface area (Å²) in [6.45, 7) is 0. The van der Waals surface area contributed by atoms with Crippen molar-refractivity contribution in [3.63, 3.8) is 0 Å². The quantitative estimate of drug-likeness (QED) is 0.174. The van der Waals surface area contributed by atoms with Crippen molar-refractivity contribution in [2.45, 2.75) is 0 Å². The monoisotopic (exact) mass is 693 g/mol. The standard InChI is InChI=1S/C47H31N7/c1-5-17-32(18-6-1)42-30-48-46(51(42)34-21-9-3-10-22-34)53-40-28-16-14-26-37(40)44-41(53)29-38-36-25-13-15-27-39(36)54(45(38)50-44)47-49-31-43(33-19-7-2-8-20-33)52(47)35-23-11-4-12-24-35/h1-31H. The number of aromatic nitrogens is 7. The lowest BCUT2D eigenvalue weighted by molar-refractivity contribution is 0.932. The van der Waals surface area contributed by atoms with Gasteiger partial charge in [-0.25, -0.2) is 15.0 Å². The molecular formula is C47H31N7. The largest absolute Gasteiger partial charge is 0.278 e. The Hall–Kier alpha value is -7.51. The zero-order valence-electron chi connectivity index (χ0n) is 29.0. The Morgan fingerprint density at radius 2 is 0.796 bits per heavy atom. The van der Waals surface area contributed by atoms with Crippen LogP contribution in [0.25, 0.3) is 89.7 Å². The van der Waals surface area contributed by atoms with Gasteiger partial charge in [-0.2, -0.15) is 0 Å². The van der Waals surface area contributed by atoms with Crippen molar-refractivity contribution in [3.05, 3.63) is 188 Å². The summed E-state index contributed by atoms with van der Waals surface area (Å²) in [7, 11) is 0. The van der Waals surface area contributed by atoms with Crippen LogP contribution in [-0.4, -0.2) is 33.2 Å². The van der Waals surface area contributed by atoms with E-state index in [1.54, 1.807) is 0 Å². The van der Waals surface area contributed by atoms with E-state index < -0.39 is 0 Å². The molecule has 7 heteroatoms. The Morgan fingerprint density at radius 1 is 0.352 bits per heavy atom. The SMILES string of the molecule is c1ccc(-c2cnc(-n3c4ccccc4c4nc5c(cc43)c3ccccc3n5-c3ncc(-c4ccccc4)n3-c3ccccc3)n2-c2ccccc2)cc1. The van der Waals surface area contributed by atoms with Gasteiger partial charge in [0, 0.05) is 38.7 Å². The van der Waals surface area contributed by atoms with E-state index in [4.69, 9.17) is 15.0 Å². The van der Waals surface area contributed by atoms with Crippen LogP contribution in [0, 0.1) is 0 Å². The number of pyridine rings is 1. The second kappa shape index (κ2) is 12.0. The first-order valence-corrected chi connectivity index (χ1v) is 18.0. The molecule has 11 rings (SSSR count). The minimum absolute atomic E-state index is 0.772. The van der Waals surface area contributed by atoms with Crippen LogP contribution in [-0.2, 0) is 0 Å². The zero-order chi connectivity index (χ0) is 35.6. The predicted octanol–water partition coefficient (Wildman–Crippen LogP) is 11.0. The second-order valence-corrected chi connectivity index (χ2v) is 13.4. The van der Waals surface area contributed by atoms with E-state index in [9.17, 15) is 0 Å². The molecule has 0 aliphatic rings. The van der Waals surface area contributed by atoms with Crippen molar-refractivity contribution in [1.82, 2.24) is 33.2 Å². The Balaban J connectivity index is 1.24. The molecule has 0 atom stereocenters. The molecule has 11 aromatic rings. The highest BCUT2D eigenvalue weighted by molar-refractivity contribution is 6.15. The number of hydrogen-bond acceptors (Lipinski definition) is 3. The Labute approximate surface area is 310 Å². The minimum Gasteiger partial charge on any atom is -0.278 e. The Kier molecular flexibility index (Phi) is 6.72. The third kappa shape index (κ3) is 4.52.